The molecule has 3 heterocycles. The molecule has 3 rings (SSSR count). The van der Waals surface area contributed by atoms with Crippen LogP contribution >= 0.6 is 0 Å². The first-order chi connectivity index (χ1) is 11.6. The Bertz CT molecular complexity index is 709. The van der Waals surface area contributed by atoms with Crippen molar-refractivity contribution >= 4 is 11.9 Å². The van der Waals surface area contributed by atoms with Crippen molar-refractivity contribution in [2.24, 2.45) is 0 Å². The molecule has 7 heteroatoms. The minimum Gasteiger partial charge on any atom is -0.386 e. The molecule has 2 aromatic heterocycles. The molecular formula is C17H21N5O2. The summed E-state index contributed by atoms with van der Waals surface area (Å²) in [7, 11) is 0. The molecule has 0 unspecified atom stereocenters. The predicted octanol–water partition coefficient (Wildman–Crippen LogP) is 0.941. The molecule has 1 fully saturated rings. The molecule has 1 amide bonds. The van der Waals surface area contributed by atoms with E-state index in [0.29, 0.717) is 24.6 Å². The lowest BCUT2D eigenvalue weighted by molar-refractivity contribution is 0.0251. The van der Waals surface area contributed by atoms with E-state index in [4.69, 9.17) is 0 Å². The van der Waals surface area contributed by atoms with Gasteiger partial charge in [0.2, 0.25) is 5.95 Å². The van der Waals surface area contributed by atoms with E-state index in [1.54, 1.807) is 30.7 Å². The first-order valence-corrected chi connectivity index (χ1v) is 8.02. The maximum atomic E-state index is 12.3. The van der Waals surface area contributed by atoms with Crippen LogP contribution in [0.2, 0.25) is 0 Å². The Morgan fingerprint density at radius 3 is 2.79 bits per heavy atom. The quantitative estimate of drug-likeness (QED) is 0.868. The summed E-state index contributed by atoms with van der Waals surface area (Å²) in [6, 6.07) is 5.39. The van der Waals surface area contributed by atoms with Gasteiger partial charge in [-0.15, -0.1) is 0 Å². The minimum atomic E-state index is -1.00. The molecule has 0 aromatic carbocycles. The van der Waals surface area contributed by atoms with Gasteiger partial charge >= 0.3 is 0 Å². The summed E-state index contributed by atoms with van der Waals surface area (Å²) < 4.78 is 0. The standard InChI is InChI=1S/C17H21N5O2/c1-13-5-2-7-18-14(13)15(23)21-11-17(24)6-3-10-22(12-17)16-19-8-4-9-20-16/h2,4-5,7-9,24H,3,6,10-12H2,1H3,(H,21,23)/t17-/m1/s1. The van der Waals surface area contributed by atoms with Crippen molar-refractivity contribution in [3.05, 3.63) is 48.0 Å². The van der Waals surface area contributed by atoms with Crippen molar-refractivity contribution in [1.82, 2.24) is 20.3 Å². The average Bonchev–Trinajstić information content (AvgIpc) is 2.61. The largest absolute Gasteiger partial charge is 0.386 e. The Hall–Kier alpha value is -2.54. The Morgan fingerprint density at radius 2 is 2.04 bits per heavy atom. The smallest absolute Gasteiger partial charge is 0.270 e. The number of hydrogen-bond donors (Lipinski definition) is 2. The van der Waals surface area contributed by atoms with Gasteiger partial charge in [-0.05, 0) is 37.5 Å². The fourth-order valence-corrected chi connectivity index (χ4v) is 2.93. The molecule has 2 N–H and O–H groups in total. The van der Waals surface area contributed by atoms with Crippen LogP contribution in [0.5, 0.6) is 0 Å². The van der Waals surface area contributed by atoms with Gasteiger partial charge in [0.15, 0.2) is 0 Å². The number of piperidine rings is 1. The first-order valence-electron chi connectivity index (χ1n) is 8.02. The molecule has 1 aliphatic heterocycles. The molecule has 1 saturated heterocycles. The highest BCUT2D eigenvalue weighted by molar-refractivity contribution is 5.93. The van der Waals surface area contributed by atoms with Gasteiger partial charge in [0.25, 0.3) is 5.91 Å². The van der Waals surface area contributed by atoms with Crippen molar-refractivity contribution < 1.29 is 9.90 Å². The second-order valence-electron chi connectivity index (χ2n) is 6.15. The van der Waals surface area contributed by atoms with Crippen LogP contribution in [0.25, 0.3) is 0 Å². The number of carbonyl (C=O) groups excluding carboxylic acids is 1. The molecule has 0 aliphatic carbocycles. The average molecular weight is 327 g/mol. The van der Waals surface area contributed by atoms with Gasteiger partial charge in [-0.1, -0.05) is 6.07 Å². The number of carbonyl (C=O) groups is 1. The van der Waals surface area contributed by atoms with E-state index in [2.05, 4.69) is 20.3 Å². The number of amides is 1. The van der Waals surface area contributed by atoms with Gasteiger partial charge < -0.3 is 15.3 Å². The lowest BCUT2D eigenvalue weighted by Crippen LogP contribution is -2.54. The third-order valence-electron chi connectivity index (χ3n) is 4.19. The number of aryl methyl sites for hydroxylation is 1. The molecular weight excluding hydrogens is 306 g/mol. The Balaban J connectivity index is 1.64. The molecule has 0 bridgehead atoms. The van der Waals surface area contributed by atoms with Crippen LogP contribution in [0.1, 0.15) is 28.9 Å². The molecule has 126 valence electrons. The highest BCUT2D eigenvalue weighted by Gasteiger charge is 2.34. The third kappa shape index (κ3) is 3.68. The third-order valence-corrected chi connectivity index (χ3v) is 4.19. The number of anilines is 1. The van der Waals surface area contributed by atoms with E-state index in [1.165, 1.54) is 0 Å². The number of hydrogen-bond acceptors (Lipinski definition) is 6. The number of nitrogens with one attached hydrogen (secondary N) is 1. The minimum absolute atomic E-state index is 0.172. The lowest BCUT2D eigenvalue weighted by atomic mass is 9.93. The SMILES string of the molecule is Cc1cccnc1C(=O)NC[C@]1(O)CCCN(c2ncccn2)C1. The number of rotatable bonds is 4. The van der Waals surface area contributed by atoms with Crippen LogP contribution < -0.4 is 10.2 Å². The zero-order valence-electron chi connectivity index (χ0n) is 13.6. The van der Waals surface area contributed by atoms with Crippen LogP contribution in [-0.2, 0) is 0 Å². The molecule has 0 spiro atoms. The molecule has 7 nitrogen and oxygen atoms in total. The topological polar surface area (TPSA) is 91.2 Å². The van der Waals surface area contributed by atoms with Crippen molar-refractivity contribution in [2.75, 3.05) is 24.5 Å². The van der Waals surface area contributed by atoms with E-state index in [0.717, 1.165) is 18.5 Å². The fourth-order valence-electron chi connectivity index (χ4n) is 2.93. The Kier molecular flexibility index (Phi) is 4.71. The number of β-amino-alcohol motifs (C(OH)–C–C–N with tert-alkyl or cyclic N) is 1. The molecule has 2 aromatic rings. The maximum Gasteiger partial charge on any atom is 0.270 e. The summed E-state index contributed by atoms with van der Waals surface area (Å²) in [5.41, 5.74) is 0.195. The zero-order chi connectivity index (χ0) is 17.0. The highest BCUT2D eigenvalue weighted by Crippen LogP contribution is 2.23. The molecule has 0 saturated carbocycles. The van der Waals surface area contributed by atoms with Crippen LogP contribution in [0.3, 0.4) is 0 Å². The van der Waals surface area contributed by atoms with Gasteiger partial charge in [0.1, 0.15) is 5.69 Å². The van der Waals surface area contributed by atoms with Crippen molar-refractivity contribution in [2.45, 2.75) is 25.4 Å². The monoisotopic (exact) mass is 327 g/mol. The zero-order valence-corrected chi connectivity index (χ0v) is 13.6. The molecule has 1 aliphatic rings. The van der Waals surface area contributed by atoms with E-state index < -0.39 is 5.60 Å². The normalized spacial score (nSPS) is 20.7. The highest BCUT2D eigenvalue weighted by atomic mass is 16.3. The maximum absolute atomic E-state index is 12.3. The van der Waals surface area contributed by atoms with Crippen molar-refractivity contribution in [3.63, 3.8) is 0 Å². The van der Waals surface area contributed by atoms with E-state index in [1.807, 2.05) is 17.9 Å². The van der Waals surface area contributed by atoms with Gasteiger partial charge in [0, 0.05) is 31.7 Å². The number of aromatic nitrogens is 3. The summed E-state index contributed by atoms with van der Waals surface area (Å²) >= 11 is 0. The molecule has 1 atom stereocenters. The van der Waals surface area contributed by atoms with Crippen molar-refractivity contribution in [1.29, 1.82) is 0 Å². The summed E-state index contributed by atoms with van der Waals surface area (Å²) in [6.07, 6.45) is 6.39. The Labute approximate surface area is 140 Å². The van der Waals surface area contributed by atoms with Gasteiger partial charge in [-0.3, -0.25) is 9.78 Å². The lowest BCUT2D eigenvalue weighted by Gasteiger charge is -2.39. The van der Waals surface area contributed by atoms with Crippen LogP contribution in [0.4, 0.5) is 5.95 Å². The van der Waals surface area contributed by atoms with Gasteiger partial charge in [-0.2, -0.15) is 0 Å². The predicted molar refractivity (Wildman–Crippen MR) is 89.7 cm³/mol. The van der Waals surface area contributed by atoms with E-state index >= 15 is 0 Å². The van der Waals surface area contributed by atoms with Crippen molar-refractivity contribution in [3.8, 4) is 0 Å². The van der Waals surface area contributed by atoms with Crippen LogP contribution in [0, 0.1) is 6.92 Å². The second kappa shape index (κ2) is 6.92. The van der Waals surface area contributed by atoms with Gasteiger partial charge in [0.05, 0.1) is 12.1 Å². The molecule has 24 heavy (non-hydrogen) atoms. The van der Waals surface area contributed by atoms with Gasteiger partial charge in [-0.25, -0.2) is 9.97 Å². The first kappa shape index (κ1) is 16.3. The number of pyridine rings is 1. The van der Waals surface area contributed by atoms with Crippen LogP contribution in [0.15, 0.2) is 36.8 Å². The summed E-state index contributed by atoms with van der Waals surface area (Å²) in [5.74, 6) is 0.331. The number of nitrogens with zero attached hydrogens (tertiary/aromatic N) is 4. The number of aliphatic hydroxyl groups is 1. The van der Waals surface area contributed by atoms with E-state index in [9.17, 15) is 9.90 Å². The fraction of sp³-hybridized carbons (Fsp3) is 0.412. The summed E-state index contributed by atoms with van der Waals surface area (Å²) in [5, 5.41) is 13.6. The second-order valence-corrected chi connectivity index (χ2v) is 6.15. The summed E-state index contributed by atoms with van der Waals surface area (Å²) in [6.45, 7) is 3.19. The molecule has 0 radical (unpaired) electrons. The Morgan fingerprint density at radius 1 is 1.29 bits per heavy atom. The van der Waals surface area contributed by atoms with Crippen LogP contribution in [-0.4, -0.2) is 51.2 Å². The summed E-state index contributed by atoms with van der Waals surface area (Å²) in [4.78, 5) is 26.8. The van der Waals surface area contributed by atoms with E-state index in [-0.39, 0.29) is 12.5 Å².